The maximum atomic E-state index is 13.3. The molecule has 1 saturated heterocycles. The lowest BCUT2D eigenvalue weighted by Gasteiger charge is -2.34. The lowest BCUT2D eigenvalue weighted by molar-refractivity contribution is -0.126. The quantitative estimate of drug-likeness (QED) is 0.470. The van der Waals surface area contributed by atoms with E-state index >= 15 is 0 Å². The first-order chi connectivity index (χ1) is 18.5. The molecule has 0 spiro atoms. The standard InChI is InChI=1S/C27H24N6O4S/c1-2-21(34)32-14-11-16(15-32)30-25(35)24-23-22-19(10-13-29-26(22)38-24)33(27(36)31-23)17-6-8-18(9-7-17)37-20-5-3-4-12-28-20/h2-10,12-13,16,23-24H,1,11,14-15H2,(H,30,35)(H,31,36)/t16?,23?,24-/m1/s1. The van der Waals surface area contributed by atoms with Crippen molar-refractivity contribution < 1.29 is 19.1 Å². The van der Waals surface area contributed by atoms with Crippen molar-refractivity contribution in [3.05, 3.63) is 79.1 Å². The van der Waals surface area contributed by atoms with Crippen LogP contribution in [0.3, 0.4) is 0 Å². The van der Waals surface area contributed by atoms with Gasteiger partial charge in [0.2, 0.25) is 17.7 Å². The van der Waals surface area contributed by atoms with Crippen LogP contribution in [-0.4, -0.2) is 57.1 Å². The number of nitrogens with zero attached hydrogens (tertiary/aromatic N) is 4. The van der Waals surface area contributed by atoms with Gasteiger partial charge in [0.15, 0.2) is 0 Å². The normalized spacial score (nSPS) is 21.5. The summed E-state index contributed by atoms with van der Waals surface area (Å²) in [6, 6.07) is 13.4. The molecule has 3 aromatic rings. The van der Waals surface area contributed by atoms with Crippen LogP contribution in [0, 0.1) is 0 Å². The van der Waals surface area contributed by atoms with Gasteiger partial charge in [-0.1, -0.05) is 24.4 Å². The Balaban J connectivity index is 1.20. The van der Waals surface area contributed by atoms with Crippen LogP contribution in [0.5, 0.6) is 11.6 Å². The molecule has 0 radical (unpaired) electrons. The summed E-state index contributed by atoms with van der Waals surface area (Å²) in [5.41, 5.74) is 2.16. The van der Waals surface area contributed by atoms with Crippen molar-refractivity contribution in [2.45, 2.75) is 28.8 Å². The molecule has 3 aliphatic heterocycles. The SMILES string of the molecule is C=CC(=O)N1CCC(NC(=O)[C@@H]2Sc3nccc4c3C2NC(=O)N4c2ccc(Oc3ccccn3)cc2)C1. The largest absolute Gasteiger partial charge is 0.439 e. The fourth-order valence-corrected chi connectivity index (χ4v) is 6.20. The number of carbonyl (C=O) groups is 3. The second-order valence-corrected chi connectivity index (χ2v) is 10.2. The topological polar surface area (TPSA) is 117 Å². The van der Waals surface area contributed by atoms with Gasteiger partial charge in [-0.15, -0.1) is 0 Å². The number of carbonyl (C=O) groups excluding carboxylic acids is 3. The molecular weight excluding hydrogens is 504 g/mol. The van der Waals surface area contributed by atoms with Gasteiger partial charge >= 0.3 is 6.03 Å². The van der Waals surface area contributed by atoms with Crippen LogP contribution in [0.25, 0.3) is 0 Å². The molecule has 3 aliphatic rings. The second kappa shape index (κ2) is 9.82. The third-order valence-electron chi connectivity index (χ3n) is 6.74. The highest BCUT2D eigenvalue weighted by atomic mass is 32.2. The maximum Gasteiger partial charge on any atom is 0.327 e. The van der Waals surface area contributed by atoms with Gasteiger partial charge in [-0.2, -0.15) is 0 Å². The summed E-state index contributed by atoms with van der Waals surface area (Å²) < 4.78 is 5.77. The van der Waals surface area contributed by atoms with Gasteiger partial charge in [-0.05, 0) is 48.9 Å². The molecule has 1 aromatic carbocycles. The molecule has 38 heavy (non-hydrogen) atoms. The van der Waals surface area contributed by atoms with Gasteiger partial charge in [0.25, 0.3) is 0 Å². The Morgan fingerprint density at radius 2 is 1.97 bits per heavy atom. The zero-order valence-electron chi connectivity index (χ0n) is 20.2. The monoisotopic (exact) mass is 528 g/mol. The molecule has 0 bridgehead atoms. The summed E-state index contributed by atoms with van der Waals surface area (Å²) in [6.07, 6.45) is 5.26. The Labute approximate surface area is 223 Å². The second-order valence-electron chi connectivity index (χ2n) is 9.10. The van der Waals surface area contributed by atoms with Crippen molar-refractivity contribution in [3.63, 3.8) is 0 Å². The van der Waals surface area contributed by atoms with Crippen molar-refractivity contribution >= 4 is 41.0 Å². The molecule has 4 amide bonds. The highest BCUT2D eigenvalue weighted by molar-refractivity contribution is 8.01. The molecule has 2 N–H and O–H groups in total. The van der Waals surface area contributed by atoms with Gasteiger partial charge in [0.1, 0.15) is 16.0 Å². The molecule has 6 rings (SSSR count). The third kappa shape index (κ3) is 4.34. The number of amides is 4. The summed E-state index contributed by atoms with van der Waals surface area (Å²) in [5, 5.41) is 6.22. The number of urea groups is 1. The van der Waals surface area contributed by atoms with Crippen molar-refractivity contribution in [1.29, 1.82) is 0 Å². The molecule has 0 aliphatic carbocycles. The Bertz CT molecular complexity index is 1420. The number of ether oxygens (including phenoxy) is 1. The van der Waals surface area contributed by atoms with E-state index in [1.165, 1.54) is 17.8 Å². The smallest absolute Gasteiger partial charge is 0.327 e. The van der Waals surface area contributed by atoms with E-state index in [1.54, 1.807) is 58.6 Å². The summed E-state index contributed by atoms with van der Waals surface area (Å²) in [7, 11) is 0. The highest BCUT2D eigenvalue weighted by Crippen LogP contribution is 2.50. The molecule has 0 saturated carbocycles. The molecule has 10 nitrogen and oxygen atoms in total. The predicted molar refractivity (Wildman–Crippen MR) is 141 cm³/mol. The molecule has 5 heterocycles. The zero-order valence-corrected chi connectivity index (χ0v) is 21.1. The first-order valence-electron chi connectivity index (χ1n) is 12.2. The predicted octanol–water partition coefficient (Wildman–Crippen LogP) is 3.55. The van der Waals surface area contributed by atoms with Crippen molar-refractivity contribution in [3.8, 4) is 11.6 Å². The van der Waals surface area contributed by atoms with Crippen LogP contribution in [0.1, 0.15) is 18.0 Å². The molecule has 2 unspecified atom stereocenters. The number of anilines is 2. The molecule has 3 atom stereocenters. The number of hydrogen-bond acceptors (Lipinski definition) is 7. The van der Waals surface area contributed by atoms with Crippen LogP contribution in [0.2, 0.25) is 0 Å². The van der Waals surface area contributed by atoms with Gasteiger partial charge in [-0.3, -0.25) is 14.5 Å². The number of rotatable bonds is 6. The van der Waals surface area contributed by atoms with E-state index < -0.39 is 11.3 Å². The Morgan fingerprint density at radius 3 is 2.74 bits per heavy atom. The lowest BCUT2D eigenvalue weighted by atomic mass is 9.99. The van der Waals surface area contributed by atoms with E-state index in [0.717, 1.165) is 5.56 Å². The minimum atomic E-state index is -0.567. The van der Waals surface area contributed by atoms with E-state index in [-0.39, 0.29) is 23.9 Å². The minimum Gasteiger partial charge on any atom is -0.439 e. The molecule has 1 fully saturated rings. The van der Waals surface area contributed by atoms with E-state index in [9.17, 15) is 14.4 Å². The molecule has 11 heteroatoms. The fourth-order valence-electron chi connectivity index (χ4n) is 4.96. The lowest BCUT2D eigenvalue weighted by Crippen LogP contribution is -2.50. The number of nitrogens with one attached hydrogen (secondary N) is 2. The number of thioether (sulfide) groups is 1. The Morgan fingerprint density at radius 1 is 1.13 bits per heavy atom. The number of hydrogen-bond donors (Lipinski definition) is 2. The van der Waals surface area contributed by atoms with Crippen molar-refractivity contribution in [2.75, 3.05) is 18.0 Å². The average molecular weight is 529 g/mol. The molecular formula is C27H24N6O4S. The summed E-state index contributed by atoms with van der Waals surface area (Å²) >= 11 is 1.34. The van der Waals surface area contributed by atoms with Gasteiger partial charge < -0.3 is 20.3 Å². The Hall–Kier alpha value is -4.38. The number of pyridine rings is 2. The number of benzene rings is 1. The highest BCUT2D eigenvalue weighted by Gasteiger charge is 2.47. The number of aromatic nitrogens is 2. The zero-order chi connectivity index (χ0) is 26.2. The van der Waals surface area contributed by atoms with Crippen LogP contribution >= 0.6 is 11.8 Å². The fraction of sp³-hybridized carbons (Fsp3) is 0.222. The van der Waals surface area contributed by atoms with Crippen LogP contribution in [0.4, 0.5) is 16.2 Å². The van der Waals surface area contributed by atoms with E-state index in [0.29, 0.717) is 47.5 Å². The van der Waals surface area contributed by atoms with Crippen LogP contribution in [-0.2, 0) is 9.59 Å². The first kappa shape index (κ1) is 24.0. The van der Waals surface area contributed by atoms with E-state index in [2.05, 4.69) is 27.2 Å². The first-order valence-corrected chi connectivity index (χ1v) is 13.1. The third-order valence-corrected chi connectivity index (χ3v) is 8.03. The number of likely N-dealkylation sites (tertiary alicyclic amines) is 1. The van der Waals surface area contributed by atoms with Crippen molar-refractivity contribution in [2.24, 2.45) is 0 Å². The molecule has 2 aromatic heterocycles. The van der Waals surface area contributed by atoms with Gasteiger partial charge in [-0.25, -0.2) is 14.8 Å². The van der Waals surface area contributed by atoms with Gasteiger partial charge in [0.05, 0.1) is 17.4 Å². The van der Waals surface area contributed by atoms with Crippen molar-refractivity contribution in [1.82, 2.24) is 25.5 Å². The summed E-state index contributed by atoms with van der Waals surface area (Å²) in [6.45, 7) is 4.54. The molecule has 192 valence electrons. The van der Waals surface area contributed by atoms with Crippen LogP contribution < -0.4 is 20.3 Å². The summed E-state index contributed by atoms with van der Waals surface area (Å²) in [5.74, 6) is 0.737. The van der Waals surface area contributed by atoms with Gasteiger partial charge in [0, 0.05) is 43.2 Å². The van der Waals surface area contributed by atoms with E-state index in [4.69, 9.17) is 4.74 Å². The minimum absolute atomic E-state index is 0.144. The average Bonchev–Trinajstić information content (AvgIpc) is 3.55. The van der Waals surface area contributed by atoms with E-state index in [1.807, 2.05) is 12.1 Å². The Kier molecular flexibility index (Phi) is 6.20. The van der Waals surface area contributed by atoms with Crippen LogP contribution in [0.15, 0.2) is 78.6 Å². The maximum absolute atomic E-state index is 13.3. The summed E-state index contributed by atoms with van der Waals surface area (Å²) in [4.78, 5) is 50.4.